The van der Waals surface area contributed by atoms with Gasteiger partial charge >= 0.3 is 0 Å². The first-order chi connectivity index (χ1) is 9.36. The number of carbonyl (C=O) groups excluding carboxylic acids is 1. The number of amides is 1. The lowest BCUT2D eigenvalue weighted by atomic mass is 9.98. The second kappa shape index (κ2) is 7.43. The number of nitrogens with one attached hydrogen (secondary N) is 1. The zero-order valence-corrected chi connectivity index (χ0v) is 13.1. The summed E-state index contributed by atoms with van der Waals surface area (Å²) in [6.45, 7) is 9.91. The molecule has 0 radical (unpaired) electrons. The van der Waals surface area contributed by atoms with Gasteiger partial charge in [-0.3, -0.25) is 4.79 Å². The van der Waals surface area contributed by atoms with Gasteiger partial charge in [0.1, 0.15) is 5.76 Å². The van der Waals surface area contributed by atoms with Gasteiger partial charge in [-0.15, -0.1) is 0 Å². The van der Waals surface area contributed by atoms with Gasteiger partial charge in [0, 0.05) is 18.0 Å². The van der Waals surface area contributed by atoms with Gasteiger partial charge in [-0.2, -0.15) is 0 Å². The molecule has 0 aromatic carbocycles. The van der Waals surface area contributed by atoms with Crippen molar-refractivity contribution < 1.29 is 14.4 Å². The van der Waals surface area contributed by atoms with Crippen LogP contribution in [0.2, 0.25) is 0 Å². The average molecular weight is 282 g/mol. The minimum absolute atomic E-state index is 0.0487. The van der Waals surface area contributed by atoms with E-state index in [0.29, 0.717) is 13.0 Å². The molecule has 0 saturated heterocycles. The second-order valence-corrected chi connectivity index (χ2v) is 5.61. The van der Waals surface area contributed by atoms with Gasteiger partial charge < -0.3 is 14.9 Å². The predicted molar refractivity (Wildman–Crippen MR) is 77.3 cm³/mol. The standard InChI is InChI=1S/C15H26N2O3/c1-6-9(2)14(18)8-16-15(19)10(3)7-13-11(4)17-20-12(13)5/h9-10,14,18H,6-8H2,1-5H3,(H,16,19). The van der Waals surface area contributed by atoms with Crippen molar-refractivity contribution in [2.24, 2.45) is 11.8 Å². The molecular formula is C15H26N2O3. The van der Waals surface area contributed by atoms with Gasteiger partial charge in [-0.05, 0) is 26.2 Å². The zero-order valence-electron chi connectivity index (χ0n) is 13.1. The van der Waals surface area contributed by atoms with Gasteiger partial charge in [0.2, 0.25) is 5.91 Å². The SMILES string of the molecule is CCC(C)C(O)CNC(=O)C(C)Cc1c(C)noc1C. The first kappa shape index (κ1) is 16.7. The number of nitrogens with zero attached hydrogens (tertiary/aromatic N) is 1. The van der Waals surface area contributed by atoms with Crippen LogP contribution in [0.25, 0.3) is 0 Å². The minimum atomic E-state index is -0.491. The maximum Gasteiger partial charge on any atom is 0.223 e. The van der Waals surface area contributed by atoms with Crippen LogP contribution in [-0.2, 0) is 11.2 Å². The summed E-state index contributed by atoms with van der Waals surface area (Å²) in [5, 5.41) is 16.6. The normalized spacial score (nSPS) is 15.7. The van der Waals surface area contributed by atoms with Gasteiger partial charge in [-0.1, -0.05) is 32.3 Å². The third kappa shape index (κ3) is 4.34. The van der Waals surface area contributed by atoms with Crippen molar-refractivity contribution in [2.45, 2.75) is 53.6 Å². The molecule has 0 aliphatic rings. The molecule has 0 fully saturated rings. The van der Waals surface area contributed by atoms with Crippen LogP contribution in [0.15, 0.2) is 4.52 Å². The third-order valence-electron chi connectivity index (χ3n) is 3.93. The molecule has 2 N–H and O–H groups in total. The topological polar surface area (TPSA) is 75.4 Å². The predicted octanol–water partition coefficient (Wildman–Crippen LogP) is 1.99. The van der Waals surface area contributed by atoms with Crippen molar-refractivity contribution >= 4 is 5.91 Å². The summed E-state index contributed by atoms with van der Waals surface area (Å²) >= 11 is 0. The molecule has 0 aliphatic heterocycles. The van der Waals surface area contributed by atoms with Gasteiger partial charge in [-0.25, -0.2) is 0 Å². The molecule has 0 aliphatic carbocycles. The van der Waals surface area contributed by atoms with Crippen molar-refractivity contribution in [3.63, 3.8) is 0 Å². The molecular weight excluding hydrogens is 256 g/mol. The highest BCUT2D eigenvalue weighted by Crippen LogP contribution is 2.17. The summed E-state index contributed by atoms with van der Waals surface area (Å²) in [7, 11) is 0. The van der Waals surface area contributed by atoms with Crippen molar-refractivity contribution in [3.05, 3.63) is 17.0 Å². The Labute approximate surface area is 120 Å². The molecule has 1 aromatic heterocycles. The summed E-state index contributed by atoms with van der Waals surface area (Å²) in [6.07, 6.45) is 1.01. The Morgan fingerprint density at radius 3 is 2.55 bits per heavy atom. The lowest BCUT2D eigenvalue weighted by Gasteiger charge is -2.19. The number of aromatic nitrogens is 1. The van der Waals surface area contributed by atoms with E-state index in [1.54, 1.807) is 0 Å². The fourth-order valence-corrected chi connectivity index (χ4v) is 2.04. The monoisotopic (exact) mass is 282 g/mol. The molecule has 114 valence electrons. The zero-order chi connectivity index (χ0) is 15.3. The molecule has 3 atom stereocenters. The van der Waals surface area contributed by atoms with Crippen molar-refractivity contribution in [1.29, 1.82) is 0 Å². The Morgan fingerprint density at radius 2 is 2.05 bits per heavy atom. The highest BCUT2D eigenvalue weighted by Gasteiger charge is 2.20. The van der Waals surface area contributed by atoms with E-state index in [1.807, 2.05) is 34.6 Å². The number of aliphatic hydroxyl groups excluding tert-OH is 1. The van der Waals surface area contributed by atoms with Crippen molar-refractivity contribution in [2.75, 3.05) is 6.54 Å². The van der Waals surface area contributed by atoms with E-state index in [9.17, 15) is 9.90 Å². The van der Waals surface area contributed by atoms with E-state index < -0.39 is 6.10 Å². The molecule has 0 saturated carbocycles. The summed E-state index contributed by atoms with van der Waals surface area (Å²) in [5.74, 6) is 0.734. The molecule has 0 bridgehead atoms. The number of aryl methyl sites for hydroxylation is 2. The van der Waals surface area contributed by atoms with E-state index in [0.717, 1.165) is 23.4 Å². The summed E-state index contributed by atoms with van der Waals surface area (Å²) in [4.78, 5) is 12.0. The Bertz CT molecular complexity index is 423. The van der Waals surface area contributed by atoms with E-state index in [1.165, 1.54) is 0 Å². The maximum absolute atomic E-state index is 12.0. The van der Waals surface area contributed by atoms with Crippen LogP contribution >= 0.6 is 0 Å². The smallest absolute Gasteiger partial charge is 0.223 e. The van der Waals surface area contributed by atoms with Gasteiger partial charge in [0.25, 0.3) is 0 Å². The Hall–Kier alpha value is -1.36. The average Bonchev–Trinajstić information content (AvgIpc) is 2.74. The summed E-state index contributed by atoms with van der Waals surface area (Å²) < 4.78 is 5.10. The Balaban J connectivity index is 2.48. The van der Waals surface area contributed by atoms with Crippen LogP contribution < -0.4 is 5.32 Å². The molecule has 3 unspecified atom stereocenters. The molecule has 1 aromatic rings. The molecule has 20 heavy (non-hydrogen) atoms. The van der Waals surface area contributed by atoms with E-state index in [-0.39, 0.29) is 17.7 Å². The number of carbonyl (C=O) groups is 1. The summed E-state index contributed by atoms with van der Waals surface area (Å²) in [5.41, 5.74) is 1.83. The minimum Gasteiger partial charge on any atom is -0.391 e. The lowest BCUT2D eigenvalue weighted by Crippen LogP contribution is -2.38. The molecule has 5 nitrogen and oxygen atoms in total. The molecule has 1 amide bonds. The van der Waals surface area contributed by atoms with Crippen LogP contribution in [0.4, 0.5) is 0 Å². The molecule has 0 spiro atoms. The van der Waals surface area contributed by atoms with Crippen LogP contribution in [0, 0.1) is 25.7 Å². The highest BCUT2D eigenvalue weighted by atomic mass is 16.5. The van der Waals surface area contributed by atoms with Crippen LogP contribution in [-0.4, -0.2) is 28.8 Å². The molecule has 1 heterocycles. The van der Waals surface area contributed by atoms with Crippen molar-refractivity contribution in [3.8, 4) is 0 Å². The second-order valence-electron chi connectivity index (χ2n) is 5.61. The van der Waals surface area contributed by atoms with Crippen LogP contribution in [0.3, 0.4) is 0 Å². The highest BCUT2D eigenvalue weighted by molar-refractivity contribution is 5.78. The fourth-order valence-electron chi connectivity index (χ4n) is 2.04. The number of hydrogen-bond acceptors (Lipinski definition) is 4. The number of hydrogen-bond donors (Lipinski definition) is 2. The van der Waals surface area contributed by atoms with Crippen molar-refractivity contribution in [1.82, 2.24) is 10.5 Å². The largest absolute Gasteiger partial charge is 0.391 e. The first-order valence-electron chi connectivity index (χ1n) is 7.24. The van der Waals surface area contributed by atoms with Gasteiger partial charge in [0.05, 0.1) is 11.8 Å². The van der Waals surface area contributed by atoms with E-state index >= 15 is 0 Å². The van der Waals surface area contributed by atoms with Crippen LogP contribution in [0.5, 0.6) is 0 Å². The number of rotatable bonds is 7. The Kier molecular flexibility index (Phi) is 6.20. The maximum atomic E-state index is 12.0. The molecule has 5 heteroatoms. The Morgan fingerprint density at radius 1 is 1.40 bits per heavy atom. The quantitative estimate of drug-likeness (QED) is 0.802. The van der Waals surface area contributed by atoms with Crippen LogP contribution in [0.1, 0.15) is 44.2 Å². The van der Waals surface area contributed by atoms with Gasteiger partial charge in [0.15, 0.2) is 0 Å². The van der Waals surface area contributed by atoms with E-state index in [4.69, 9.17) is 4.52 Å². The lowest BCUT2D eigenvalue weighted by molar-refractivity contribution is -0.125. The third-order valence-corrected chi connectivity index (χ3v) is 3.93. The summed E-state index contributed by atoms with van der Waals surface area (Å²) in [6, 6.07) is 0. The fraction of sp³-hybridized carbons (Fsp3) is 0.733. The first-order valence-corrected chi connectivity index (χ1v) is 7.24. The van der Waals surface area contributed by atoms with E-state index in [2.05, 4.69) is 10.5 Å². The molecule has 1 rings (SSSR count). The number of aliphatic hydroxyl groups is 1.